The Hall–Kier alpha value is -1.55. The first kappa shape index (κ1) is 19.8. The minimum atomic E-state index is -0.544. The summed E-state index contributed by atoms with van der Waals surface area (Å²) in [4.78, 5) is 27.4. The summed E-state index contributed by atoms with van der Waals surface area (Å²) in [5.74, 6) is -0.304. The van der Waals surface area contributed by atoms with Gasteiger partial charge >= 0.3 is 0 Å². The Kier molecular flexibility index (Phi) is 7.30. The number of hydrogen-bond acceptors (Lipinski definition) is 2. The maximum atomic E-state index is 13.0. The number of carbonyl (C=O) groups is 2. The van der Waals surface area contributed by atoms with E-state index < -0.39 is 6.04 Å². The highest BCUT2D eigenvalue weighted by Gasteiger charge is 2.31. The molecule has 2 amide bonds. The molecule has 1 aromatic rings. The molecule has 0 unspecified atom stereocenters. The minimum Gasteiger partial charge on any atom is -0.341 e. The van der Waals surface area contributed by atoms with Crippen LogP contribution in [0.3, 0.4) is 0 Å². The van der Waals surface area contributed by atoms with E-state index in [4.69, 9.17) is 11.6 Å². The van der Waals surface area contributed by atoms with Crippen LogP contribution in [0.15, 0.2) is 24.3 Å². The highest BCUT2D eigenvalue weighted by molar-refractivity contribution is 6.33. The summed E-state index contributed by atoms with van der Waals surface area (Å²) < 4.78 is 0. The Labute approximate surface area is 155 Å². The third kappa shape index (κ3) is 5.21. The number of carbonyl (C=O) groups excluding carboxylic acids is 2. The molecule has 1 atom stereocenters. The van der Waals surface area contributed by atoms with Crippen molar-refractivity contribution in [2.45, 2.75) is 64.5 Å². The summed E-state index contributed by atoms with van der Waals surface area (Å²) in [5.41, 5.74) is 0.403. The number of benzene rings is 1. The van der Waals surface area contributed by atoms with E-state index in [2.05, 4.69) is 5.32 Å². The summed E-state index contributed by atoms with van der Waals surface area (Å²) in [6.07, 6.45) is 6.92. The Bertz CT molecular complexity index is 595. The van der Waals surface area contributed by atoms with Crippen molar-refractivity contribution in [1.82, 2.24) is 10.2 Å². The number of halogens is 1. The normalized spacial score (nSPS) is 17.0. The van der Waals surface area contributed by atoms with Gasteiger partial charge in [-0.25, -0.2) is 0 Å². The molecule has 1 fully saturated rings. The van der Waals surface area contributed by atoms with Crippen LogP contribution < -0.4 is 5.32 Å². The van der Waals surface area contributed by atoms with E-state index >= 15 is 0 Å². The van der Waals surface area contributed by atoms with Crippen LogP contribution in [0, 0.1) is 5.92 Å². The van der Waals surface area contributed by atoms with Crippen molar-refractivity contribution in [2.24, 2.45) is 5.92 Å². The van der Waals surface area contributed by atoms with Crippen LogP contribution in [-0.2, 0) is 4.79 Å². The molecule has 0 spiro atoms. The van der Waals surface area contributed by atoms with E-state index in [-0.39, 0.29) is 23.8 Å². The van der Waals surface area contributed by atoms with Gasteiger partial charge in [0, 0.05) is 13.1 Å². The van der Waals surface area contributed by atoms with E-state index in [1.807, 2.05) is 25.8 Å². The summed E-state index contributed by atoms with van der Waals surface area (Å²) >= 11 is 6.11. The first-order valence-corrected chi connectivity index (χ1v) is 9.61. The van der Waals surface area contributed by atoms with Crippen molar-refractivity contribution in [3.63, 3.8) is 0 Å². The maximum absolute atomic E-state index is 13.0. The van der Waals surface area contributed by atoms with Crippen molar-refractivity contribution < 1.29 is 9.59 Å². The third-order valence-corrected chi connectivity index (χ3v) is 5.39. The second-order valence-corrected chi connectivity index (χ2v) is 7.68. The lowest BCUT2D eigenvalue weighted by atomic mass is 10.00. The molecular weight excluding hydrogens is 336 g/mol. The molecule has 1 saturated carbocycles. The molecule has 1 aromatic carbocycles. The van der Waals surface area contributed by atoms with Crippen LogP contribution in [0.25, 0.3) is 0 Å². The quantitative estimate of drug-likeness (QED) is 0.793. The van der Waals surface area contributed by atoms with E-state index in [1.54, 1.807) is 24.3 Å². The predicted octanol–water partition coefficient (Wildman–Crippen LogP) is 4.28. The smallest absolute Gasteiger partial charge is 0.253 e. The van der Waals surface area contributed by atoms with Crippen molar-refractivity contribution in [2.75, 3.05) is 7.05 Å². The van der Waals surface area contributed by atoms with Crippen molar-refractivity contribution in [3.05, 3.63) is 34.9 Å². The van der Waals surface area contributed by atoms with Crippen molar-refractivity contribution >= 4 is 23.4 Å². The Morgan fingerprint density at radius 3 is 2.28 bits per heavy atom. The highest BCUT2D eigenvalue weighted by atomic mass is 35.5. The van der Waals surface area contributed by atoms with E-state index in [0.29, 0.717) is 10.6 Å². The molecule has 25 heavy (non-hydrogen) atoms. The fourth-order valence-corrected chi connectivity index (χ4v) is 3.64. The van der Waals surface area contributed by atoms with Crippen LogP contribution in [0.5, 0.6) is 0 Å². The average molecular weight is 365 g/mol. The largest absolute Gasteiger partial charge is 0.341 e. The van der Waals surface area contributed by atoms with Crippen molar-refractivity contribution in [1.29, 1.82) is 0 Å². The molecule has 0 radical (unpaired) electrons. The van der Waals surface area contributed by atoms with E-state index in [0.717, 1.165) is 12.8 Å². The summed E-state index contributed by atoms with van der Waals surface area (Å²) in [6.45, 7) is 3.91. The van der Waals surface area contributed by atoms with Gasteiger partial charge in [0.05, 0.1) is 10.6 Å². The molecule has 2 rings (SSSR count). The molecule has 1 aliphatic rings. The maximum Gasteiger partial charge on any atom is 0.253 e. The molecule has 0 bridgehead atoms. The number of nitrogens with zero attached hydrogens (tertiary/aromatic N) is 1. The fourth-order valence-electron chi connectivity index (χ4n) is 3.42. The van der Waals surface area contributed by atoms with Gasteiger partial charge in [0.25, 0.3) is 5.91 Å². The highest BCUT2D eigenvalue weighted by Crippen LogP contribution is 2.22. The van der Waals surface area contributed by atoms with Crippen LogP contribution in [0.4, 0.5) is 0 Å². The third-order valence-electron chi connectivity index (χ3n) is 5.06. The molecule has 0 aliphatic heterocycles. The monoisotopic (exact) mass is 364 g/mol. The van der Waals surface area contributed by atoms with Crippen LogP contribution >= 0.6 is 11.6 Å². The zero-order valence-corrected chi connectivity index (χ0v) is 16.2. The number of rotatable bonds is 5. The molecule has 138 valence electrons. The lowest BCUT2D eigenvalue weighted by Crippen LogP contribution is -2.52. The standard InChI is InChI=1S/C20H29ClN2O2/c1-14(2)18(22-19(24)16-12-8-9-13-17(16)21)20(25)23(3)15-10-6-4-5-7-11-15/h8-9,12-15,18H,4-7,10-11H2,1-3H3,(H,22,24)/t18-/m0/s1. The number of nitrogens with one attached hydrogen (secondary N) is 1. The minimum absolute atomic E-state index is 0.00664. The Balaban J connectivity index is 2.09. The van der Waals surface area contributed by atoms with Crippen LogP contribution in [0.2, 0.25) is 5.02 Å². The Morgan fingerprint density at radius 2 is 1.72 bits per heavy atom. The summed E-state index contributed by atoms with van der Waals surface area (Å²) in [7, 11) is 1.87. The second kappa shape index (κ2) is 9.23. The van der Waals surface area contributed by atoms with Gasteiger partial charge in [-0.3, -0.25) is 9.59 Å². The van der Waals surface area contributed by atoms with E-state index in [1.165, 1.54) is 25.7 Å². The van der Waals surface area contributed by atoms with Gasteiger partial charge in [0.15, 0.2) is 0 Å². The van der Waals surface area contributed by atoms with Gasteiger partial charge in [-0.2, -0.15) is 0 Å². The van der Waals surface area contributed by atoms with Crippen molar-refractivity contribution in [3.8, 4) is 0 Å². The number of amides is 2. The van der Waals surface area contributed by atoms with Gasteiger partial charge in [-0.1, -0.05) is 63.3 Å². The van der Waals surface area contributed by atoms with Gasteiger partial charge in [-0.05, 0) is 30.9 Å². The van der Waals surface area contributed by atoms with Gasteiger partial charge in [-0.15, -0.1) is 0 Å². The van der Waals surface area contributed by atoms with Crippen LogP contribution in [-0.4, -0.2) is 35.8 Å². The zero-order valence-electron chi connectivity index (χ0n) is 15.4. The molecule has 0 saturated heterocycles. The SMILES string of the molecule is CC(C)[C@H](NC(=O)c1ccccc1Cl)C(=O)N(C)C1CCCCCC1. The summed E-state index contributed by atoms with van der Waals surface area (Å²) in [5, 5.41) is 3.29. The molecule has 1 N–H and O–H groups in total. The predicted molar refractivity (Wildman–Crippen MR) is 102 cm³/mol. The summed E-state index contributed by atoms with van der Waals surface area (Å²) in [6, 6.07) is 6.63. The van der Waals surface area contributed by atoms with Crippen LogP contribution in [0.1, 0.15) is 62.7 Å². The number of likely N-dealkylation sites (N-methyl/N-ethyl adjacent to an activating group) is 1. The molecule has 5 heteroatoms. The first-order chi connectivity index (χ1) is 11.9. The molecule has 0 aromatic heterocycles. The fraction of sp³-hybridized carbons (Fsp3) is 0.600. The lowest BCUT2D eigenvalue weighted by Gasteiger charge is -2.32. The number of hydrogen-bond donors (Lipinski definition) is 1. The molecule has 0 heterocycles. The zero-order chi connectivity index (χ0) is 18.4. The molecular formula is C20H29ClN2O2. The lowest BCUT2D eigenvalue weighted by molar-refractivity contribution is -0.135. The topological polar surface area (TPSA) is 49.4 Å². The molecule has 1 aliphatic carbocycles. The molecule has 4 nitrogen and oxygen atoms in total. The van der Waals surface area contributed by atoms with Gasteiger partial charge in [0.1, 0.15) is 6.04 Å². The first-order valence-electron chi connectivity index (χ1n) is 9.24. The average Bonchev–Trinajstić information content (AvgIpc) is 2.87. The second-order valence-electron chi connectivity index (χ2n) is 7.27. The Morgan fingerprint density at radius 1 is 1.12 bits per heavy atom. The van der Waals surface area contributed by atoms with E-state index in [9.17, 15) is 9.59 Å². The van der Waals surface area contributed by atoms with Gasteiger partial charge in [0.2, 0.25) is 5.91 Å². The van der Waals surface area contributed by atoms with Gasteiger partial charge < -0.3 is 10.2 Å².